The van der Waals surface area contributed by atoms with Crippen molar-refractivity contribution in [3.63, 3.8) is 0 Å². The molecule has 0 amide bonds. The van der Waals surface area contributed by atoms with E-state index in [0.717, 1.165) is 11.1 Å². The third kappa shape index (κ3) is 3.25. The molecule has 1 heterocycles. The van der Waals surface area contributed by atoms with Crippen molar-refractivity contribution in [2.75, 3.05) is 5.73 Å². The fourth-order valence-corrected chi connectivity index (χ4v) is 2.13. The van der Waals surface area contributed by atoms with Gasteiger partial charge >= 0.3 is 0 Å². The number of benzene rings is 1. The van der Waals surface area contributed by atoms with Gasteiger partial charge in [0.2, 0.25) is 0 Å². The molecule has 2 N–H and O–H groups in total. The lowest BCUT2D eigenvalue weighted by Gasteiger charge is -2.02. The lowest BCUT2D eigenvalue weighted by atomic mass is 10.0. The van der Waals surface area contributed by atoms with E-state index in [-0.39, 0.29) is 5.78 Å². The van der Waals surface area contributed by atoms with Gasteiger partial charge in [-0.15, -0.1) is 0 Å². The van der Waals surface area contributed by atoms with Crippen LogP contribution in [0, 0.1) is 13.8 Å². The summed E-state index contributed by atoms with van der Waals surface area (Å²) in [4.78, 5) is 12.2. The molecule has 0 bridgehead atoms. The SMILES string of the molecule is Cc1ccc(C(=O)/C=C/[n+]2cc(Cl)ccc2N)c(C)c1. The number of nitrogen functional groups attached to an aromatic ring is 1. The van der Waals surface area contributed by atoms with Gasteiger partial charge < -0.3 is 0 Å². The van der Waals surface area contributed by atoms with Crippen molar-refractivity contribution < 1.29 is 9.36 Å². The van der Waals surface area contributed by atoms with Crippen LogP contribution < -0.4 is 10.3 Å². The number of carbonyl (C=O) groups excluding carboxylic acids is 1. The van der Waals surface area contributed by atoms with E-state index in [1.165, 1.54) is 6.08 Å². The minimum atomic E-state index is -0.0608. The normalized spacial score (nSPS) is 10.9. The molecule has 0 spiro atoms. The molecule has 4 heteroatoms. The quantitative estimate of drug-likeness (QED) is 0.535. The molecule has 1 aromatic heterocycles. The van der Waals surface area contributed by atoms with Gasteiger partial charge in [-0.3, -0.25) is 10.5 Å². The van der Waals surface area contributed by atoms with Crippen molar-refractivity contribution in [1.29, 1.82) is 0 Å². The van der Waals surface area contributed by atoms with Gasteiger partial charge in [-0.05, 0) is 25.5 Å². The van der Waals surface area contributed by atoms with Crippen molar-refractivity contribution >= 4 is 29.4 Å². The second-order valence-electron chi connectivity index (χ2n) is 4.68. The molecule has 0 aliphatic rings. The topological polar surface area (TPSA) is 47.0 Å². The predicted molar refractivity (Wildman–Crippen MR) is 81.6 cm³/mol. The molecule has 0 aliphatic carbocycles. The minimum Gasteiger partial charge on any atom is -0.289 e. The molecular formula is C16H16ClN2O+. The number of hydrogen-bond donors (Lipinski definition) is 1. The largest absolute Gasteiger partial charge is 0.289 e. The van der Waals surface area contributed by atoms with Crippen LogP contribution in [0.3, 0.4) is 0 Å². The van der Waals surface area contributed by atoms with Crippen LogP contribution in [0.25, 0.3) is 6.20 Å². The lowest BCUT2D eigenvalue weighted by Crippen LogP contribution is -2.30. The Morgan fingerprint density at radius 3 is 2.70 bits per heavy atom. The van der Waals surface area contributed by atoms with Crippen LogP contribution in [0.1, 0.15) is 21.5 Å². The molecular weight excluding hydrogens is 272 g/mol. The molecule has 0 unspecified atom stereocenters. The molecule has 2 rings (SSSR count). The summed E-state index contributed by atoms with van der Waals surface area (Å²) in [6.07, 6.45) is 4.76. The number of nitrogens with two attached hydrogens (primary N) is 1. The van der Waals surface area contributed by atoms with Crippen molar-refractivity contribution in [1.82, 2.24) is 0 Å². The van der Waals surface area contributed by atoms with Crippen LogP contribution in [0.5, 0.6) is 0 Å². The van der Waals surface area contributed by atoms with Crippen molar-refractivity contribution in [2.45, 2.75) is 13.8 Å². The van der Waals surface area contributed by atoms with Gasteiger partial charge in [0.25, 0.3) is 5.82 Å². The molecule has 0 radical (unpaired) electrons. The minimum absolute atomic E-state index is 0.0608. The maximum atomic E-state index is 12.2. The van der Waals surface area contributed by atoms with Gasteiger partial charge in [0, 0.05) is 17.7 Å². The van der Waals surface area contributed by atoms with Gasteiger partial charge in [0.1, 0.15) is 6.20 Å². The molecule has 0 saturated heterocycles. The van der Waals surface area contributed by atoms with Crippen LogP contribution in [-0.4, -0.2) is 5.78 Å². The van der Waals surface area contributed by atoms with Gasteiger partial charge in [0.15, 0.2) is 5.78 Å². The molecule has 1 aromatic carbocycles. The zero-order chi connectivity index (χ0) is 14.7. The first-order chi connectivity index (χ1) is 9.47. The van der Waals surface area contributed by atoms with E-state index >= 15 is 0 Å². The average molecular weight is 288 g/mol. The maximum Gasteiger partial charge on any atom is 0.277 e. The number of allylic oxidation sites excluding steroid dienone is 1. The van der Waals surface area contributed by atoms with E-state index in [4.69, 9.17) is 17.3 Å². The number of hydrogen-bond acceptors (Lipinski definition) is 2. The maximum absolute atomic E-state index is 12.2. The fourth-order valence-electron chi connectivity index (χ4n) is 1.96. The second-order valence-corrected chi connectivity index (χ2v) is 5.11. The van der Waals surface area contributed by atoms with Crippen LogP contribution in [-0.2, 0) is 0 Å². The third-order valence-corrected chi connectivity index (χ3v) is 3.23. The Hall–Kier alpha value is -2.13. The van der Waals surface area contributed by atoms with Crippen molar-refractivity contribution in [3.8, 4) is 0 Å². The third-order valence-electron chi connectivity index (χ3n) is 3.01. The Morgan fingerprint density at radius 2 is 2.00 bits per heavy atom. The lowest BCUT2D eigenvalue weighted by molar-refractivity contribution is -0.552. The van der Waals surface area contributed by atoms with Crippen molar-refractivity contribution in [3.05, 3.63) is 64.3 Å². The van der Waals surface area contributed by atoms with E-state index in [1.54, 1.807) is 29.1 Å². The Labute approximate surface area is 123 Å². The van der Waals surface area contributed by atoms with E-state index in [1.807, 2.05) is 32.0 Å². The molecule has 3 nitrogen and oxygen atoms in total. The Morgan fingerprint density at radius 1 is 1.25 bits per heavy atom. The van der Waals surface area contributed by atoms with Gasteiger partial charge in [-0.25, -0.2) is 4.57 Å². The highest BCUT2D eigenvalue weighted by Gasteiger charge is 2.07. The molecule has 0 atom stereocenters. The summed E-state index contributed by atoms with van der Waals surface area (Å²) < 4.78 is 1.61. The van der Waals surface area contributed by atoms with Crippen LogP contribution >= 0.6 is 11.6 Å². The predicted octanol–water partition coefficient (Wildman–Crippen LogP) is 3.18. The number of carbonyl (C=O) groups is 1. The van der Waals surface area contributed by atoms with Crippen LogP contribution in [0.2, 0.25) is 5.02 Å². The zero-order valence-corrected chi connectivity index (χ0v) is 12.2. The molecule has 0 saturated carbocycles. The van der Waals surface area contributed by atoms with Gasteiger partial charge in [-0.2, -0.15) is 0 Å². The fraction of sp³-hybridized carbons (Fsp3) is 0.125. The zero-order valence-electron chi connectivity index (χ0n) is 11.4. The second kappa shape index (κ2) is 5.88. The summed E-state index contributed by atoms with van der Waals surface area (Å²) >= 11 is 5.90. The standard InChI is InChI=1S/C16H15ClN2O/c1-11-3-5-14(12(2)9-11)15(20)7-8-19-10-13(17)4-6-16(19)18/h3-10,18H,1-2H3/p+1/b8-7+. The Kier molecular flexibility index (Phi) is 4.20. The molecule has 20 heavy (non-hydrogen) atoms. The number of aromatic nitrogens is 1. The molecule has 0 aliphatic heterocycles. The molecule has 2 aromatic rings. The molecule has 0 fully saturated rings. The highest BCUT2D eigenvalue weighted by Crippen LogP contribution is 2.12. The number of aryl methyl sites for hydroxylation is 2. The average Bonchev–Trinajstić information content (AvgIpc) is 2.39. The summed E-state index contributed by atoms with van der Waals surface area (Å²) in [6, 6.07) is 9.14. The summed E-state index contributed by atoms with van der Waals surface area (Å²) in [5.74, 6) is 0.452. The summed E-state index contributed by atoms with van der Waals surface area (Å²) in [6.45, 7) is 3.93. The number of halogens is 1. The van der Waals surface area contributed by atoms with Crippen LogP contribution in [0.15, 0.2) is 42.6 Å². The highest BCUT2D eigenvalue weighted by atomic mass is 35.5. The van der Waals surface area contributed by atoms with E-state index in [9.17, 15) is 4.79 Å². The summed E-state index contributed by atoms with van der Waals surface area (Å²) in [5.41, 5.74) is 8.59. The van der Waals surface area contributed by atoms with Gasteiger partial charge in [0.05, 0.1) is 11.2 Å². The van der Waals surface area contributed by atoms with E-state index in [2.05, 4.69) is 0 Å². The van der Waals surface area contributed by atoms with E-state index in [0.29, 0.717) is 16.4 Å². The Bertz CT molecular complexity index is 693. The smallest absolute Gasteiger partial charge is 0.277 e. The summed E-state index contributed by atoms with van der Waals surface area (Å²) in [7, 11) is 0. The first-order valence-electron chi connectivity index (χ1n) is 6.23. The van der Waals surface area contributed by atoms with Gasteiger partial charge in [-0.1, -0.05) is 35.4 Å². The van der Waals surface area contributed by atoms with Crippen molar-refractivity contribution in [2.24, 2.45) is 0 Å². The molecule has 102 valence electrons. The monoisotopic (exact) mass is 287 g/mol. The summed E-state index contributed by atoms with van der Waals surface area (Å²) in [5, 5.41) is 0.558. The number of ketones is 1. The Balaban J connectivity index is 2.27. The van der Waals surface area contributed by atoms with E-state index < -0.39 is 0 Å². The first-order valence-corrected chi connectivity index (χ1v) is 6.61. The number of rotatable bonds is 3. The van der Waals surface area contributed by atoms with Crippen LogP contribution in [0.4, 0.5) is 5.82 Å². The first kappa shape index (κ1) is 14.3. The highest BCUT2D eigenvalue weighted by molar-refractivity contribution is 6.30. The number of nitrogens with zero attached hydrogens (tertiary/aromatic N) is 1. The number of pyridine rings is 1. The number of anilines is 1.